The Morgan fingerprint density at radius 1 is 1.32 bits per heavy atom. The van der Waals surface area contributed by atoms with Crippen molar-refractivity contribution in [2.24, 2.45) is 4.99 Å². The van der Waals surface area contributed by atoms with Gasteiger partial charge in [-0.1, -0.05) is 32.9 Å². The summed E-state index contributed by atoms with van der Waals surface area (Å²) >= 11 is 0. The van der Waals surface area contributed by atoms with E-state index in [2.05, 4.69) is 47.5 Å². The Hall–Kier alpha value is -2.81. The zero-order valence-electron chi connectivity index (χ0n) is 15.3. The molecule has 0 saturated heterocycles. The number of nitriles is 1. The molecule has 0 bridgehead atoms. The molecule has 132 valence electrons. The van der Waals surface area contributed by atoms with Gasteiger partial charge in [-0.15, -0.1) is 0 Å². The number of benzene rings is 1. The van der Waals surface area contributed by atoms with Crippen molar-refractivity contribution >= 4 is 5.96 Å². The lowest BCUT2D eigenvalue weighted by molar-refractivity contribution is 0.379. The Kier molecular flexibility index (Phi) is 6.18. The topological polar surface area (TPSA) is 86.2 Å². The minimum absolute atomic E-state index is 0.0599. The summed E-state index contributed by atoms with van der Waals surface area (Å²) in [4.78, 5) is 8.85. The molecule has 0 fully saturated rings. The van der Waals surface area contributed by atoms with Crippen molar-refractivity contribution in [2.75, 3.05) is 6.54 Å². The Morgan fingerprint density at radius 2 is 2.12 bits per heavy atom. The second-order valence-corrected chi connectivity index (χ2v) is 6.73. The lowest BCUT2D eigenvalue weighted by atomic mass is 9.94. The molecular formula is C19H25N5O. The average Bonchev–Trinajstić information content (AvgIpc) is 3.07. The van der Waals surface area contributed by atoms with Crippen molar-refractivity contribution in [2.45, 2.75) is 46.2 Å². The molecule has 2 aromatic rings. The molecule has 6 heteroatoms. The average molecular weight is 339 g/mol. The van der Waals surface area contributed by atoms with Crippen molar-refractivity contribution in [3.05, 3.63) is 53.2 Å². The molecule has 0 aliphatic rings. The molecular weight excluding hydrogens is 314 g/mol. The van der Waals surface area contributed by atoms with Crippen molar-refractivity contribution in [1.29, 1.82) is 5.26 Å². The number of nitrogens with zero attached hydrogens (tertiary/aromatic N) is 3. The smallest absolute Gasteiger partial charge is 0.213 e. The van der Waals surface area contributed by atoms with Gasteiger partial charge in [0, 0.05) is 12.0 Å². The van der Waals surface area contributed by atoms with Crippen LogP contribution in [0, 0.1) is 11.3 Å². The number of aromatic nitrogens is 1. The van der Waals surface area contributed by atoms with Crippen LogP contribution in [0.3, 0.4) is 0 Å². The number of aliphatic imine (C=N–C) groups is 1. The maximum atomic E-state index is 8.97. The third kappa shape index (κ3) is 5.64. The molecule has 0 saturated carbocycles. The molecule has 1 heterocycles. The molecule has 1 aromatic carbocycles. The zero-order valence-corrected chi connectivity index (χ0v) is 15.3. The predicted molar refractivity (Wildman–Crippen MR) is 98.0 cm³/mol. The molecule has 25 heavy (non-hydrogen) atoms. The fourth-order valence-corrected chi connectivity index (χ4v) is 2.15. The van der Waals surface area contributed by atoms with Gasteiger partial charge >= 0.3 is 0 Å². The first-order valence-electron chi connectivity index (χ1n) is 8.38. The van der Waals surface area contributed by atoms with Gasteiger partial charge in [0.15, 0.2) is 5.96 Å². The van der Waals surface area contributed by atoms with Gasteiger partial charge in [-0.25, -0.2) is 9.98 Å². The van der Waals surface area contributed by atoms with Gasteiger partial charge in [-0.05, 0) is 24.6 Å². The summed E-state index contributed by atoms with van der Waals surface area (Å²) < 4.78 is 5.78. The van der Waals surface area contributed by atoms with Crippen LogP contribution in [-0.4, -0.2) is 17.5 Å². The first-order chi connectivity index (χ1) is 11.9. The van der Waals surface area contributed by atoms with Crippen molar-refractivity contribution in [3.8, 4) is 6.07 Å². The summed E-state index contributed by atoms with van der Waals surface area (Å²) in [5.74, 6) is 2.17. The predicted octanol–water partition coefficient (Wildman–Crippen LogP) is 3.10. The van der Waals surface area contributed by atoms with Crippen LogP contribution in [0.5, 0.6) is 0 Å². The Morgan fingerprint density at radius 3 is 2.76 bits per heavy atom. The highest BCUT2D eigenvalue weighted by Gasteiger charge is 2.19. The molecule has 6 nitrogen and oxygen atoms in total. The van der Waals surface area contributed by atoms with E-state index in [0.29, 0.717) is 30.5 Å². The molecule has 0 spiro atoms. The number of rotatable bonds is 5. The Bertz CT molecular complexity index is 765. The fraction of sp³-hybridized carbons (Fsp3) is 0.421. The van der Waals surface area contributed by atoms with Gasteiger partial charge < -0.3 is 15.1 Å². The molecule has 2 rings (SSSR count). The van der Waals surface area contributed by atoms with E-state index in [1.54, 1.807) is 12.3 Å². The van der Waals surface area contributed by atoms with E-state index < -0.39 is 0 Å². The van der Waals surface area contributed by atoms with E-state index in [4.69, 9.17) is 9.68 Å². The van der Waals surface area contributed by atoms with E-state index in [1.165, 1.54) is 0 Å². The zero-order chi connectivity index (χ0) is 18.3. The molecule has 2 N–H and O–H groups in total. The van der Waals surface area contributed by atoms with E-state index in [0.717, 1.165) is 17.9 Å². The fourth-order valence-electron chi connectivity index (χ4n) is 2.15. The number of hydrogen-bond donors (Lipinski definition) is 2. The largest absolute Gasteiger partial charge is 0.443 e. The number of hydrogen-bond acceptors (Lipinski definition) is 4. The van der Waals surface area contributed by atoms with Crippen molar-refractivity contribution in [3.63, 3.8) is 0 Å². The summed E-state index contributed by atoms with van der Waals surface area (Å²) in [5.41, 5.74) is 1.57. The van der Waals surface area contributed by atoms with Crippen LogP contribution in [0.15, 0.2) is 39.9 Å². The van der Waals surface area contributed by atoms with Crippen LogP contribution < -0.4 is 10.6 Å². The minimum Gasteiger partial charge on any atom is -0.443 e. The van der Waals surface area contributed by atoms with Crippen LogP contribution >= 0.6 is 0 Å². The monoisotopic (exact) mass is 339 g/mol. The molecule has 0 amide bonds. The molecule has 1 aromatic heterocycles. The number of nitrogens with one attached hydrogen (secondary N) is 2. The van der Waals surface area contributed by atoms with E-state index in [1.807, 2.05) is 25.1 Å². The summed E-state index contributed by atoms with van der Waals surface area (Å²) in [7, 11) is 0. The Balaban J connectivity index is 2.00. The molecule has 0 aliphatic carbocycles. The standard InChI is InChI=1S/C19H25N5O/c1-5-21-18(23-11-15-8-6-7-14(9-15)10-20)24-13-17-22-12-16(25-17)19(2,3)4/h6-9,12H,5,11,13H2,1-4H3,(H2,21,23,24). The highest BCUT2D eigenvalue weighted by atomic mass is 16.4. The maximum Gasteiger partial charge on any atom is 0.213 e. The van der Waals surface area contributed by atoms with Crippen molar-refractivity contribution < 1.29 is 4.42 Å². The van der Waals surface area contributed by atoms with Crippen LogP contribution in [-0.2, 0) is 18.5 Å². The van der Waals surface area contributed by atoms with Crippen LogP contribution in [0.2, 0.25) is 0 Å². The summed E-state index contributed by atoms with van der Waals surface area (Å²) in [5, 5.41) is 15.4. The van der Waals surface area contributed by atoms with E-state index in [9.17, 15) is 0 Å². The Labute approximate surface area is 149 Å². The molecule has 0 atom stereocenters. The van der Waals surface area contributed by atoms with Crippen molar-refractivity contribution in [1.82, 2.24) is 15.6 Å². The van der Waals surface area contributed by atoms with Crippen LogP contribution in [0.25, 0.3) is 0 Å². The second-order valence-electron chi connectivity index (χ2n) is 6.73. The summed E-state index contributed by atoms with van der Waals surface area (Å²) in [6.45, 7) is 9.98. The minimum atomic E-state index is -0.0599. The number of guanidine groups is 1. The first kappa shape index (κ1) is 18.5. The van der Waals surface area contributed by atoms with E-state index in [-0.39, 0.29) is 5.41 Å². The van der Waals surface area contributed by atoms with E-state index >= 15 is 0 Å². The SMILES string of the molecule is CCNC(=NCc1cccc(C#N)c1)NCc1ncc(C(C)(C)C)o1. The summed E-state index contributed by atoms with van der Waals surface area (Å²) in [6, 6.07) is 9.59. The van der Waals surface area contributed by atoms with Gasteiger partial charge in [0.05, 0.1) is 30.9 Å². The molecule has 0 unspecified atom stereocenters. The third-order valence-electron chi connectivity index (χ3n) is 3.52. The van der Waals surface area contributed by atoms with Crippen LogP contribution in [0.1, 0.15) is 50.5 Å². The lowest BCUT2D eigenvalue weighted by Crippen LogP contribution is -2.36. The van der Waals surface area contributed by atoms with Gasteiger partial charge in [0.1, 0.15) is 5.76 Å². The molecule has 0 radical (unpaired) electrons. The number of oxazole rings is 1. The normalized spacial score (nSPS) is 11.9. The van der Waals surface area contributed by atoms with Crippen LogP contribution in [0.4, 0.5) is 0 Å². The first-order valence-corrected chi connectivity index (χ1v) is 8.38. The highest BCUT2D eigenvalue weighted by molar-refractivity contribution is 5.79. The lowest BCUT2D eigenvalue weighted by Gasteiger charge is -2.13. The quantitative estimate of drug-likeness (QED) is 0.646. The van der Waals surface area contributed by atoms with Gasteiger partial charge in [-0.2, -0.15) is 5.26 Å². The van der Waals surface area contributed by atoms with Gasteiger partial charge in [0.2, 0.25) is 5.89 Å². The van der Waals surface area contributed by atoms with Gasteiger partial charge in [-0.3, -0.25) is 0 Å². The second kappa shape index (κ2) is 8.34. The summed E-state index contributed by atoms with van der Waals surface area (Å²) in [6.07, 6.45) is 1.77. The maximum absolute atomic E-state index is 8.97. The highest BCUT2D eigenvalue weighted by Crippen LogP contribution is 2.22. The third-order valence-corrected chi connectivity index (χ3v) is 3.52. The van der Waals surface area contributed by atoms with Gasteiger partial charge in [0.25, 0.3) is 0 Å². The molecule has 0 aliphatic heterocycles.